The largest absolute Gasteiger partial charge is 0.208 e. The van der Waals surface area contributed by atoms with Gasteiger partial charge in [0.05, 0.1) is 0 Å². The summed E-state index contributed by atoms with van der Waals surface area (Å²) in [6, 6.07) is 57.4. The standard InChI is InChI=1S/C43H27N3S/c1-2-11-28(12-3-1)29-23-25-31(26-24-29)41-44-42(33-16-8-15-32(27-33)35-19-9-14-30-13-4-5-17-34(30)35)46-43(45-41)38-21-10-20-37-36-18-6-7-22-39(36)47-40(37)38/h1-27H. The van der Waals surface area contributed by atoms with Crippen LogP contribution in [-0.2, 0) is 0 Å². The molecule has 0 fully saturated rings. The van der Waals surface area contributed by atoms with Crippen molar-refractivity contribution in [1.82, 2.24) is 15.0 Å². The smallest absolute Gasteiger partial charge is 0.165 e. The number of rotatable bonds is 5. The SMILES string of the molecule is c1ccc(-c2ccc(-c3nc(-c4cccc(-c5cccc6ccccc56)c4)nc(-c4cccc5c4sc4ccccc45)n3)cc2)cc1. The number of nitrogens with zero attached hydrogens (tertiary/aromatic N) is 3. The van der Waals surface area contributed by atoms with E-state index in [4.69, 9.17) is 15.0 Å². The van der Waals surface area contributed by atoms with E-state index < -0.39 is 0 Å². The second-order valence-corrected chi connectivity index (χ2v) is 12.7. The van der Waals surface area contributed by atoms with Crippen LogP contribution in [0.15, 0.2) is 164 Å². The van der Waals surface area contributed by atoms with Crippen LogP contribution in [0, 0.1) is 0 Å². The molecular formula is C43H27N3S. The van der Waals surface area contributed by atoms with Crippen molar-refractivity contribution in [2.45, 2.75) is 0 Å². The number of hydrogen-bond acceptors (Lipinski definition) is 4. The van der Waals surface area contributed by atoms with Gasteiger partial charge in [-0.15, -0.1) is 11.3 Å². The summed E-state index contributed by atoms with van der Waals surface area (Å²) in [6.45, 7) is 0. The molecule has 0 aliphatic heterocycles. The maximum absolute atomic E-state index is 5.17. The first-order valence-electron chi connectivity index (χ1n) is 15.7. The molecule has 4 heteroatoms. The summed E-state index contributed by atoms with van der Waals surface area (Å²) in [5.74, 6) is 1.97. The predicted molar refractivity (Wildman–Crippen MR) is 197 cm³/mol. The van der Waals surface area contributed by atoms with Crippen LogP contribution in [0.5, 0.6) is 0 Å². The van der Waals surface area contributed by atoms with Crippen molar-refractivity contribution in [3.63, 3.8) is 0 Å². The first kappa shape index (κ1) is 27.3. The average Bonchev–Trinajstić information content (AvgIpc) is 3.54. The summed E-state index contributed by atoms with van der Waals surface area (Å²) in [5.41, 5.74) is 7.56. The quantitative estimate of drug-likeness (QED) is 0.193. The Bertz CT molecular complexity index is 2560. The van der Waals surface area contributed by atoms with Crippen LogP contribution in [-0.4, -0.2) is 15.0 Å². The third-order valence-electron chi connectivity index (χ3n) is 8.75. The fraction of sp³-hybridized carbons (Fsp3) is 0. The molecule has 0 aliphatic rings. The lowest BCUT2D eigenvalue weighted by molar-refractivity contribution is 1.08. The molecule has 2 heterocycles. The van der Waals surface area contributed by atoms with Gasteiger partial charge in [-0.2, -0.15) is 0 Å². The fourth-order valence-electron chi connectivity index (χ4n) is 6.42. The molecule has 0 N–H and O–H groups in total. The van der Waals surface area contributed by atoms with E-state index in [9.17, 15) is 0 Å². The molecule has 0 atom stereocenters. The van der Waals surface area contributed by atoms with Crippen LogP contribution < -0.4 is 0 Å². The van der Waals surface area contributed by atoms with Crippen LogP contribution in [0.25, 0.3) is 87.4 Å². The zero-order valence-electron chi connectivity index (χ0n) is 25.3. The van der Waals surface area contributed by atoms with Gasteiger partial charge in [-0.1, -0.05) is 146 Å². The van der Waals surface area contributed by atoms with Crippen LogP contribution in [0.2, 0.25) is 0 Å². The van der Waals surface area contributed by atoms with Gasteiger partial charge in [0.15, 0.2) is 17.5 Å². The highest BCUT2D eigenvalue weighted by Crippen LogP contribution is 2.40. The normalized spacial score (nSPS) is 11.4. The Hall–Kier alpha value is -5.97. The van der Waals surface area contributed by atoms with Crippen LogP contribution >= 0.6 is 11.3 Å². The third-order valence-corrected chi connectivity index (χ3v) is 9.97. The topological polar surface area (TPSA) is 38.7 Å². The minimum atomic E-state index is 0.650. The predicted octanol–water partition coefficient (Wildman–Crippen LogP) is 11.7. The third kappa shape index (κ3) is 4.96. The van der Waals surface area contributed by atoms with Gasteiger partial charge < -0.3 is 0 Å². The molecule has 47 heavy (non-hydrogen) atoms. The van der Waals surface area contributed by atoms with Crippen molar-refractivity contribution in [3.05, 3.63) is 164 Å². The molecule has 220 valence electrons. The summed E-state index contributed by atoms with van der Waals surface area (Å²) in [7, 11) is 0. The minimum absolute atomic E-state index is 0.650. The van der Waals surface area contributed by atoms with Crippen molar-refractivity contribution >= 4 is 42.3 Å². The Morgan fingerprint density at radius 3 is 1.77 bits per heavy atom. The Balaban J connectivity index is 1.23. The maximum Gasteiger partial charge on any atom is 0.165 e. The van der Waals surface area contributed by atoms with Gasteiger partial charge in [-0.3, -0.25) is 0 Å². The molecule has 0 saturated carbocycles. The Labute approximate surface area is 276 Å². The zero-order chi connectivity index (χ0) is 31.2. The number of benzene rings is 7. The highest BCUT2D eigenvalue weighted by Gasteiger charge is 2.17. The van der Waals surface area contributed by atoms with Crippen LogP contribution in [0.4, 0.5) is 0 Å². The second-order valence-electron chi connectivity index (χ2n) is 11.6. The van der Waals surface area contributed by atoms with Crippen LogP contribution in [0.3, 0.4) is 0 Å². The van der Waals surface area contributed by atoms with Crippen molar-refractivity contribution in [2.24, 2.45) is 0 Å². The van der Waals surface area contributed by atoms with E-state index in [2.05, 4.69) is 158 Å². The van der Waals surface area contributed by atoms with Gasteiger partial charge in [0.2, 0.25) is 0 Å². The molecule has 0 radical (unpaired) electrons. The van der Waals surface area contributed by atoms with E-state index in [-0.39, 0.29) is 0 Å². The lowest BCUT2D eigenvalue weighted by atomic mass is 9.97. The van der Waals surface area contributed by atoms with Gasteiger partial charge in [0.25, 0.3) is 0 Å². The fourth-order valence-corrected chi connectivity index (χ4v) is 7.63. The summed E-state index contributed by atoms with van der Waals surface area (Å²) in [6.07, 6.45) is 0. The molecule has 7 aromatic carbocycles. The molecule has 0 amide bonds. The summed E-state index contributed by atoms with van der Waals surface area (Å²) >= 11 is 1.79. The molecule has 3 nitrogen and oxygen atoms in total. The van der Waals surface area contributed by atoms with Gasteiger partial charge >= 0.3 is 0 Å². The van der Waals surface area contributed by atoms with Gasteiger partial charge in [-0.25, -0.2) is 15.0 Å². The molecule has 9 aromatic rings. The lowest BCUT2D eigenvalue weighted by Gasteiger charge is -2.11. The number of thiophene rings is 1. The van der Waals surface area contributed by atoms with Crippen molar-refractivity contribution in [3.8, 4) is 56.4 Å². The van der Waals surface area contributed by atoms with Crippen LogP contribution in [0.1, 0.15) is 0 Å². The number of aromatic nitrogens is 3. The molecule has 0 aliphatic carbocycles. The molecule has 9 rings (SSSR count). The van der Waals surface area contributed by atoms with E-state index >= 15 is 0 Å². The summed E-state index contributed by atoms with van der Waals surface area (Å²) in [4.78, 5) is 15.4. The van der Waals surface area contributed by atoms with Crippen molar-refractivity contribution in [2.75, 3.05) is 0 Å². The maximum atomic E-state index is 5.17. The number of hydrogen-bond donors (Lipinski definition) is 0. The minimum Gasteiger partial charge on any atom is -0.208 e. The summed E-state index contributed by atoms with van der Waals surface area (Å²) < 4.78 is 2.43. The van der Waals surface area contributed by atoms with Crippen molar-refractivity contribution < 1.29 is 0 Å². The van der Waals surface area contributed by atoms with E-state index in [1.54, 1.807) is 11.3 Å². The first-order valence-corrected chi connectivity index (χ1v) is 16.5. The van der Waals surface area contributed by atoms with Gasteiger partial charge in [0.1, 0.15) is 0 Å². The molecule has 0 bridgehead atoms. The summed E-state index contributed by atoms with van der Waals surface area (Å²) in [5, 5.41) is 4.91. The highest BCUT2D eigenvalue weighted by atomic mass is 32.1. The Kier molecular flexibility index (Phi) is 6.65. The Morgan fingerprint density at radius 1 is 0.340 bits per heavy atom. The first-order chi connectivity index (χ1) is 23.3. The van der Waals surface area contributed by atoms with E-state index in [0.717, 1.165) is 27.8 Å². The average molecular weight is 618 g/mol. The van der Waals surface area contributed by atoms with E-state index in [1.807, 2.05) is 6.07 Å². The van der Waals surface area contributed by atoms with Gasteiger partial charge in [0, 0.05) is 36.9 Å². The molecule has 2 aromatic heterocycles. The number of fused-ring (bicyclic) bond motifs is 4. The second kappa shape index (κ2) is 11.4. The van der Waals surface area contributed by atoms with Gasteiger partial charge in [-0.05, 0) is 51.2 Å². The highest BCUT2D eigenvalue weighted by molar-refractivity contribution is 7.26. The van der Waals surface area contributed by atoms with Crippen molar-refractivity contribution in [1.29, 1.82) is 0 Å². The molecule has 0 spiro atoms. The van der Waals surface area contributed by atoms with E-state index in [0.29, 0.717) is 17.5 Å². The molecule has 0 unspecified atom stereocenters. The van der Waals surface area contributed by atoms with E-state index in [1.165, 1.54) is 42.1 Å². The molecule has 0 saturated heterocycles. The monoisotopic (exact) mass is 617 g/mol. The lowest BCUT2D eigenvalue weighted by Crippen LogP contribution is -2.00. The molecular weight excluding hydrogens is 591 g/mol. The Morgan fingerprint density at radius 2 is 0.894 bits per heavy atom. The zero-order valence-corrected chi connectivity index (χ0v) is 26.2.